The van der Waals surface area contributed by atoms with Crippen molar-refractivity contribution < 1.29 is 9.59 Å². The van der Waals surface area contributed by atoms with Crippen molar-refractivity contribution in [2.45, 2.75) is 25.4 Å². The van der Waals surface area contributed by atoms with E-state index in [0.717, 1.165) is 12.0 Å². The van der Waals surface area contributed by atoms with Gasteiger partial charge in [0.15, 0.2) is 0 Å². The third-order valence-electron chi connectivity index (χ3n) is 3.59. The molecular weight excluding hydrogens is 304 g/mol. The van der Waals surface area contributed by atoms with Crippen LogP contribution in [0.1, 0.15) is 24.9 Å². The third-order valence-corrected chi connectivity index (χ3v) is 3.59. The van der Waals surface area contributed by atoms with Crippen molar-refractivity contribution in [3.63, 3.8) is 0 Å². The Hall–Kier alpha value is -1.79. The van der Waals surface area contributed by atoms with Crippen molar-refractivity contribution in [3.8, 4) is 0 Å². The summed E-state index contributed by atoms with van der Waals surface area (Å²) in [5.41, 5.74) is 6.74. The highest BCUT2D eigenvalue weighted by Crippen LogP contribution is 2.13. The Morgan fingerprint density at radius 2 is 2.05 bits per heavy atom. The summed E-state index contributed by atoms with van der Waals surface area (Å²) in [6.07, 6.45) is 0.754. The number of carbonyl (C=O) groups is 2. The van der Waals surface area contributed by atoms with Gasteiger partial charge in [-0.3, -0.25) is 4.79 Å². The van der Waals surface area contributed by atoms with E-state index in [2.05, 4.69) is 10.6 Å². The van der Waals surface area contributed by atoms with Gasteiger partial charge in [-0.05, 0) is 18.9 Å². The molecule has 2 atom stereocenters. The summed E-state index contributed by atoms with van der Waals surface area (Å²) in [4.78, 5) is 25.6. The van der Waals surface area contributed by atoms with E-state index in [1.807, 2.05) is 37.3 Å². The maximum absolute atomic E-state index is 12.1. The summed E-state index contributed by atoms with van der Waals surface area (Å²) in [5, 5.41) is 5.68. The first-order valence-electron chi connectivity index (χ1n) is 7.25. The summed E-state index contributed by atoms with van der Waals surface area (Å²) in [6, 6.07) is 8.47. The van der Waals surface area contributed by atoms with Gasteiger partial charge in [-0.2, -0.15) is 0 Å². The number of hydrogen-bond donors (Lipinski definition) is 3. The first-order valence-corrected chi connectivity index (χ1v) is 7.25. The van der Waals surface area contributed by atoms with E-state index >= 15 is 0 Å². The molecule has 1 aromatic carbocycles. The average molecular weight is 327 g/mol. The van der Waals surface area contributed by atoms with Crippen molar-refractivity contribution in [3.05, 3.63) is 35.9 Å². The second-order valence-electron chi connectivity index (χ2n) is 5.16. The lowest BCUT2D eigenvalue weighted by Crippen LogP contribution is -2.44. The lowest BCUT2D eigenvalue weighted by atomic mass is 10.1. The Balaban J connectivity index is 0.00000242. The zero-order valence-electron chi connectivity index (χ0n) is 12.6. The molecule has 6 nitrogen and oxygen atoms in total. The molecule has 0 saturated carbocycles. The molecule has 1 fully saturated rings. The van der Waals surface area contributed by atoms with Crippen molar-refractivity contribution >= 4 is 24.3 Å². The van der Waals surface area contributed by atoms with E-state index < -0.39 is 6.04 Å². The topological polar surface area (TPSA) is 87.5 Å². The van der Waals surface area contributed by atoms with Gasteiger partial charge < -0.3 is 21.3 Å². The van der Waals surface area contributed by atoms with Crippen LogP contribution in [0, 0.1) is 0 Å². The number of halogens is 1. The fourth-order valence-corrected chi connectivity index (χ4v) is 2.43. The first kappa shape index (κ1) is 18.3. The van der Waals surface area contributed by atoms with Gasteiger partial charge in [-0.15, -0.1) is 12.4 Å². The summed E-state index contributed by atoms with van der Waals surface area (Å²) in [7, 11) is 0. The number of nitrogens with two attached hydrogens (primary N) is 1. The number of nitrogens with one attached hydrogen (secondary N) is 2. The van der Waals surface area contributed by atoms with Crippen LogP contribution < -0.4 is 16.4 Å². The lowest BCUT2D eigenvalue weighted by Gasteiger charge is -2.19. The minimum Gasteiger partial charge on any atom is -0.350 e. The largest absolute Gasteiger partial charge is 0.350 e. The summed E-state index contributed by atoms with van der Waals surface area (Å²) in [6.45, 7) is 3.66. The molecule has 22 heavy (non-hydrogen) atoms. The molecule has 1 aliphatic rings. The van der Waals surface area contributed by atoms with Gasteiger partial charge in [0.25, 0.3) is 0 Å². The number of hydrogen-bond acceptors (Lipinski definition) is 3. The van der Waals surface area contributed by atoms with Crippen LogP contribution in [-0.4, -0.2) is 42.5 Å². The highest BCUT2D eigenvalue weighted by molar-refractivity contribution is 5.85. The number of urea groups is 1. The first-order chi connectivity index (χ1) is 10.1. The van der Waals surface area contributed by atoms with E-state index in [1.54, 1.807) is 4.90 Å². The third kappa shape index (κ3) is 4.61. The monoisotopic (exact) mass is 326 g/mol. The van der Waals surface area contributed by atoms with Gasteiger partial charge in [0.1, 0.15) is 6.04 Å². The maximum Gasteiger partial charge on any atom is 0.317 e. The predicted molar refractivity (Wildman–Crippen MR) is 87.8 cm³/mol. The summed E-state index contributed by atoms with van der Waals surface area (Å²) >= 11 is 0. The van der Waals surface area contributed by atoms with Gasteiger partial charge >= 0.3 is 6.03 Å². The molecule has 0 aromatic heterocycles. The van der Waals surface area contributed by atoms with E-state index in [4.69, 9.17) is 5.73 Å². The molecule has 1 aliphatic heterocycles. The molecule has 0 radical (unpaired) electrons. The molecule has 2 unspecified atom stereocenters. The zero-order valence-corrected chi connectivity index (χ0v) is 13.4. The molecular formula is C15H23ClN4O2. The van der Waals surface area contributed by atoms with Crippen LogP contribution in [0.3, 0.4) is 0 Å². The second-order valence-corrected chi connectivity index (χ2v) is 5.16. The maximum atomic E-state index is 12.1. The number of benzene rings is 1. The van der Waals surface area contributed by atoms with Crippen LogP contribution >= 0.6 is 12.4 Å². The van der Waals surface area contributed by atoms with E-state index in [9.17, 15) is 9.59 Å². The second kappa shape index (κ2) is 8.60. The Kier molecular flexibility index (Phi) is 7.14. The van der Waals surface area contributed by atoms with Crippen LogP contribution in [-0.2, 0) is 4.79 Å². The number of carbonyl (C=O) groups excluding carboxylic acids is 2. The molecule has 3 amide bonds. The Morgan fingerprint density at radius 1 is 1.36 bits per heavy atom. The van der Waals surface area contributed by atoms with Crippen LogP contribution in [0.15, 0.2) is 30.3 Å². The van der Waals surface area contributed by atoms with Crippen LogP contribution in [0.2, 0.25) is 0 Å². The Labute approximate surface area is 136 Å². The molecule has 0 aliphatic carbocycles. The standard InChI is InChI=1S/C15H22N4O2.ClH/c1-2-17-15(21)19-9-8-12(10-19)18-14(20)13(16)11-6-4-3-5-7-11;/h3-7,12-13H,2,8-10,16H2,1H3,(H,17,21)(H,18,20);1H. The van der Waals surface area contributed by atoms with Crippen molar-refractivity contribution in [2.75, 3.05) is 19.6 Å². The molecule has 122 valence electrons. The number of likely N-dealkylation sites (tertiary alicyclic amines) is 1. The van der Waals surface area contributed by atoms with Gasteiger partial charge in [0.05, 0.1) is 0 Å². The molecule has 0 spiro atoms. The van der Waals surface area contributed by atoms with Gasteiger partial charge in [0.2, 0.25) is 5.91 Å². The van der Waals surface area contributed by atoms with E-state index in [1.165, 1.54) is 0 Å². The molecule has 1 heterocycles. The highest BCUT2D eigenvalue weighted by atomic mass is 35.5. The van der Waals surface area contributed by atoms with E-state index in [0.29, 0.717) is 19.6 Å². The Bertz CT molecular complexity index is 498. The number of rotatable bonds is 4. The number of nitrogens with zero attached hydrogens (tertiary/aromatic N) is 1. The van der Waals surface area contributed by atoms with Crippen LogP contribution in [0.5, 0.6) is 0 Å². The quantitative estimate of drug-likeness (QED) is 0.772. The van der Waals surface area contributed by atoms with Gasteiger partial charge in [-0.25, -0.2) is 4.79 Å². The lowest BCUT2D eigenvalue weighted by molar-refractivity contribution is -0.123. The normalized spacial score (nSPS) is 18.3. The van der Waals surface area contributed by atoms with Crippen LogP contribution in [0.4, 0.5) is 4.79 Å². The molecule has 1 aromatic rings. The number of amides is 3. The van der Waals surface area contributed by atoms with Crippen molar-refractivity contribution in [2.24, 2.45) is 5.73 Å². The predicted octanol–water partition coefficient (Wildman–Crippen LogP) is 1.03. The molecule has 1 saturated heterocycles. The molecule has 4 N–H and O–H groups in total. The van der Waals surface area contributed by atoms with Gasteiger partial charge in [0, 0.05) is 25.7 Å². The zero-order chi connectivity index (χ0) is 15.2. The average Bonchev–Trinajstić information content (AvgIpc) is 2.96. The molecule has 2 rings (SSSR count). The van der Waals surface area contributed by atoms with E-state index in [-0.39, 0.29) is 30.4 Å². The molecule has 0 bridgehead atoms. The smallest absolute Gasteiger partial charge is 0.317 e. The minimum absolute atomic E-state index is 0. The van der Waals surface area contributed by atoms with Crippen molar-refractivity contribution in [1.82, 2.24) is 15.5 Å². The fourth-order valence-electron chi connectivity index (χ4n) is 2.43. The summed E-state index contributed by atoms with van der Waals surface area (Å²) in [5.74, 6) is -0.205. The SMILES string of the molecule is CCNC(=O)N1CCC(NC(=O)C(N)c2ccccc2)C1.Cl. The molecule has 7 heteroatoms. The minimum atomic E-state index is -0.676. The summed E-state index contributed by atoms with van der Waals surface area (Å²) < 4.78 is 0. The van der Waals surface area contributed by atoms with Crippen LogP contribution in [0.25, 0.3) is 0 Å². The fraction of sp³-hybridized carbons (Fsp3) is 0.467. The Morgan fingerprint density at radius 3 is 2.68 bits per heavy atom. The van der Waals surface area contributed by atoms with Gasteiger partial charge in [-0.1, -0.05) is 30.3 Å². The highest BCUT2D eigenvalue weighted by Gasteiger charge is 2.28. The van der Waals surface area contributed by atoms with Crippen molar-refractivity contribution in [1.29, 1.82) is 0 Å².